The summed E-state index contributed by atoms with van der Waals surface area (Å²) in [4.78, 5) is 4.68. The number of hydrogen-bond donors (Lipinski definition) is 0. The number of pyridine rings is 1. The zero-order valence-electron chi connectivity index (χ0n) is 39.4. The topological polar surface area (TPSA) is 39.2 Å². The first-order valence-corrected chi connectivity index (χ1v) is 24.3. The van der Waals surface area contributed by atoms with E-state index in [1.54, 1.807) is 0 Å². The van der Waals surface area contributed by atoms with Gasteiger partial charge in [-0.1, -0.05) is 175 Å². The molecule has 0 amide bonds. The quantitative estimate of drug-likeness (QED) is 0.167. The molecule has 3 nitrogen and oxygen atoms in total. The van der Waals surface area contributed by atoms with E-state index in [2.05, 4.69) is 210 Å². The van der Waals surface area contributed by atoms with Crippen molar-refractivity contribution < 1.29 is 8.83 Å². The van der Waals surface area contributed by atoms with Crippen molar-refractivity contribution >= 4 is 43.9 Å². The van der Waals surface area contributed by atoms with Crippen molar-refractivity contribution in [1.29, 1.82) is 0 Å². The van der Waals surface area contributed by atoms with Crippen molar-refractivity contribution in [3.05, 3.63) is 220 Å². The predicted octanol–water partition coefficient (Wildman–Crippen LogP) is 17.0. The fraction of sp³-hybridized carbons (Fsp3) is 0.185. The van der Waals surface area contributed by atoms with Crippen molar-refractivity contribution in [1.82, 2.24) is 4.98 Å². The van der Waals surface area contributed by atoms with Crippen LogP contribution in [0, 0.1) is 0 Å². The van der Waals surface area contributed by atoms with Crippen molar-refractivity contribution in [3.8, 4) is 44.5 Å². The van der Waals surface area contributed by atoms with Gasteiger partial charge in [0.1, 0.15) is 22.3 Å². The van der Waals surface area contributed by atoms with Crippen LogP contribution in [0.5, 0.6) is 0 Å². The number of benzene rings is 8. The summed E-state index contributed by atoms with van der Waals surface area (Å²) in [5.74, 6) is 0.215. The monoisotopic (exact) mass is 877 g/mol. The summed E-state index contributed by atoms with van der Waals surface area (Å²) in [6, 6.07) is 58.3. The lowest BCUT2D eigenvalue weighted by Gasteiger charge is -2.31. The maximum absolute atomic E-state index is 6.99. The van der Waals surface area contributed by atoms with E-state index in [4.69, 9.17) is 8.83 Å². The average molecular weight is 878 g/mol. The van der Waals surface area contributed by atoms with Crippen LogP contribution in [0.3, 0.4) is 0 Å². The normalized spacial score (nSPS) is 15.9. The molecule has 11 aromatic rings. The Bertz CT molecular complexity index is 3940. The fourth-order valence-electron chi connectivity index (χ4n) is 13.3. The van der Waals surface area contributed by atoms with Crippen LogP contribution in [0.4, 0.5) is 0 Å². The van der Waals surface area contributed by atoms with E-state index in [1.165, 1.54) is 111 Å². The summed E-state index contributed by atoms with van der Waals surface area (Å²) >= 11 is 0. The van der Waals surface area contributed by atoms with Crippen LogP contribution in [0.25, 0.3) is 88.4 Å². The molecular formula is C65H51NO2. The zero-order valence-corrected chi connectivity index (χ0v) is 39.4. The molecule has 3 aromatic heterocycles. The predicted molar refractivity (Wildman–Crippen MR) is 280 cm³/mol. The van der Waals surface area contributed by atoms with Gasteiger partial charge in [-0.25, -0.2) is 0 Å². The molecule has 0 bridgehead atoms. The Balaban J connectivity index is 0.879. The molecule has 68 heavy (non-hydrogen) atoms. The van der Waals surface area contributed by atoms with Gasteiger partial charge < -0.3 is 8.83 Å². The Hall–Kier alpha value is -7.49. The van der Waals surface area contributed by atoms with Gasteiger partial charge in [0.15, 0.2) is 0 Å². The van der Waals surface area contributed by atoms with E-state index < -0.39 is 0 Å². The highest BCUT2D eigenvalue weighted by atomic mass is 16.3. The van der Waals surface area contributed by atoms with E-state index in [0.717, 1.165) is 40.7 Å². The molecule has 328 valence electrons. The molecular weight excluding hydrogens is 827 g/mol. The lowest BCUT2D eigenvalue weighted by Crippen LogP contribution is -2.24. The van der Waals surface area contributed by atoms with E-state index >= 15 is 0 Å². The van der Waals surface area contributed by atoms with Crippen LogP contribution < -0.4 is 0 Å². The number of rotatable bonds is 6. The summed E-state index contributed by atoms with van der Waals surface area (Å²) in [5.41, 5.74) is 25.7. The van der Waals surface area contributed by atoms with E-state index in [1.807, 2.05) is 6.20 Å². The first-order chi connectivity index (χ1) is 33.0. The van der Waals surface area contributed by atoms with E-state index in [9.17, 15) is 0 Å². The summed E-state index contributed by atoms with van der Waals surface area (Å²) in [6.45, 7) is 14.6. The maximum Gasteiger partial charge on any atom is 0.144 e. The molecule has 14 rings (SSSR count). The van der Waals surface area contributed by atoms with Gasteiger partial charge in [-0.15, -0.1) is 0 Å². The highest BCUT2D eigenvalue weighted by Gasteiger charge is 2.48. The van der Waals surface area contributed by atoms with Crippen molar-refractivity contribution in [2.75, 3.05) is 0 Å². The number of para-hydroxylation sites is 2. The van der Waals surface area contributed by atoms with Crippen LogP contribution in [0.2, 0.25) is 0 Å². The number of hydrogen-bond acceptors (Lipinski definition) is 3. The Morgan fingerprint density at radius 2 is 1.00 bits per heavy atom. The molecule has 3 aliphatic carbocycles. The zero-order chi connectivity index (χ0) is 45.8. The highest BCUT2D eigenvalue weighted by Crippen LogP contribution is 2.63. The number of nitrogens with zero attached hydrogens (tertiary/aromatic N) is 1. The van der Waals surface area contributed by atoms with Crippen LogP contribution in [0.15, 0.2) is 179 Å². The van der Waals surface area contributed by atoms with Gasteiger partial charge >= 0.3 is 0 Å². The lowest BCUT2D eigenvalue weighted by molar-refractivity contribution is 0.599. The molecule has 0 N–H and O–H groups in total. The molecule has 1 unspecified atom stereocenters. The fourth-order valence-corrected chi connectivity index (χ4v) is 13.3. The van der Waals surface area contributed by atoms with Gasteiger partial charge in [0.25, 0.3) is 0 Å². The minimum atomic E-state index is -0.256. The molecule has 0 aliphatic heterocycles. The van der Waals surface area contributed by atoms with E-state index in [0.29, 0.717) is 0 Å². The first kappa shape index (κ1) is 39.7. The molecule has 0 fully saturated rings. The molecule has 3 aliphatic rings. The van der Waals surface area contributed by atoms with Crippen molar-refractivity contribution in [2.45, 2.75) is 76.5 Å². The largest absolute Gasteiger partial charge is 0.455 e. The summed E-state index contributed by atoms with van der Waals surface area (Å²) in [6.07, 6.45) is 5.76. The van der Waals surface area contributed by atoms with E-state index in [-0.39, 0.29) is 22.2 Å². The van der Waals surface area contributed by atoms with Gasteiger partial charge in [-0.05, 0) is 126 Å². The van der Waals surface area contributed by atoms with Gasteiger partial charge in [0, 0.05) is 61.3 Å². The lowest BCUT2D eigenvalue weighted by atomic mass is 9.72. The number of furan rings is 2. The Morgan fingerprint density at radius 3 is 1.69 bits per heavy atom. The second kappa shape index (κ2) is 13.8. The third-order valence-corrected chi connectivity index (χ3v) is 16.5. The first-order valence-electron chi connectivity index (χ1n) is 24.3. The number of aromatic nitrogens is 1. The van der Waals surface area contributed by atoms with Crippen LogP contribution in [0.1, 0.15) is 97.5 Å². The molecule has 3 heteroatoms. The second-order valence-corrected chi connectivity index (χ2v) is 21.4. The average Bonchev–Trinajstić information content (AvgIpc) is 4.11. The van der Waals surface area contributed by atoms with Crippen LogP contribution >= 0.6 is 0 Å². The molecule has 0 radical (unpaired) electrons. The Morgan fingerprint density at radius 1 is 0.441 bits per heavy atom. The molecule has 1 atom stereocenters. The molecule has 0 saturated carbocycles. The van der Waals surface area contributed by atoms with Gasteiger partial charge in [-0.2, -0.15) is 0 Å². The highest BCUT2D eigenvalue weighted by molar-refractivity contribution is 6.21. The van der Waals surface area contributed by atoms with Gasteiger partial charge in [0.2, 0.25) is 0 Å². The third-order valence-electron chi connectivity index (χ3n) is 16.5. The molecule has 0 saturated heterocycles. The van der Waals surface area contributed by atoms with Crippen LogP contribution in [-0.4, -0.2) is 4.98 Å². The second-order valence-electron chi connectivity index (χ2n) is 21.4. The number of fused-ring (bicyclic) bond motifs is 19. The summed E-state index contributed by atoms with van der Waals surface area (Å²) < 4.78 is 13.7. The minimum Gasteiger partial charge on any atom is -0.455 e. The summed E-state index contributed by atoms with van der Waals surface area (Å²) in [7, 11) is 0. The molecule has 8 aromatic carbocycles. The minimum absolute atomic E-state index is 0.176. The standard InChI is InChI=1S/C65H51NO2/c1-63(2)49-33-37(26-28-43(49)54-51(63)35-47(39-17-8-7-9-18-39)61-56(54)45-21-11-14-24-52(45)67-61)31-41(40-19-16-30-66-36-40)32-38-27-29-44-50(34-38)65(5,6)60-58(44)62-57(46-22-12-15-25-53(46)68-62)55-42-20-10-13-23-48(42)64(3,4)59(55)60/h7-30,33-36,41H,31-32H2,1-6H3. The van der Waals surface area contributed by atoms with Crippen LogP contribution in [-0.2, 0) is 29.1 Å². The van der Waals surface area contributed by atoms with Gasteiger partial charge in [0.05, 0.1) is 0 Å². The Labute approximate surface area is 397 Å². The summed E-state index contributed by atoms with van der Waals surface area (Å²) in [5, 5.41) is 4.82. The van der Waals surface area contributed by atoms with Crippen molar-refractivity contribution in [3.63, 3.8) is 0 Å². The Kier molecular flexibility index (Phi) is 8.05. The third kappa shape index (κ3) is 5.28. The maximum atomic E-state index is 6.99. The van der Waals surface area contributed by atoms with Gasteiger partial charge in [-0.3, -0.25) is 4.98 Å². The SMILES string of the molecule is CC1(C)c2cc(CC(Cc3ccc4c(c3)C(C)(C)c3c5c(c6c(oc7ccccc76)c3-4)-c3ccccc3C5(C)C)c3cccnc3)ccc2-c2c1cc(-c1ccccc1)c1oc3ccccc3c21. The smallest absolute Gasteiger partial charge is 0.144 e. The molecule has 0 spiro atoms. The van der Waals surface area contributed by atoms with Crippen molar-refractivity contribution in [2.24, 2.45) is 0 Å². The molecule has 3 heterocycles.